The number of piperidine rings is 1. The number of benzene rings is 1. The lowest BCUT2D eigenvalue weighted by Crippen LogP contribution is -2.62. The van der Waals surface area contributed by atoms with Gasteiger partial charge in [0.2, 0.25) is 0 Å². The molecule has 1 saturated heterocycles. The van der Waals surface area contributed by atoms with Crippen molar-refractivity contribution in [1.29, 1.82) is 0 Å². The SMILES string of the molecule is CN(c1ccc(-c2cc3c(=O)[nH]cnc3cc2O)nn1)C1CC(C)(C)NC(C)(C)C1. The highest BCUT2D eigenvalue weighted by molar-refractivity contribution is 5.86. The molecule has 1 aliphatic heterocycles. The van der Waals surface area contributed by atoms with Crippen LogP contribution in [0.15, 0.2) is 35.4 Å². The van der Waals surface area contributed by atoms with Gasteiger partial charge in [0, 0.05) is 35.8 Å². The molecule has 0 bridgehead atoms. The van der Waals surface area contributed by atoms with E-state index in [0.717, 1.165) is 18.7 Å². The van der Waals surface area contributed by atoms with E-state index in [1.165, 1.54) is 12.4 Å². The van der Waals surface area contributed by atoms with Gasteiger partial charge < -0.3 is 20.3 Å². The molecule has 1 aromatic carbocycles. The van der Waals surface area contributed by atoms with Crippen LogP contribution in [-0.4, -0.2) is 49.4 Å². The Labute approximate surface area is 175 Å². The number of aromatic nitrogens is 4. The molecule has 2 aromatic heterocycles. The summed E-state index contributed by atoms with van der Waals surface area (Å²) in [6.07, 6.45) is 3.31. The van der Waals surface area contributed by atoms with Crippen molar-refractivity contribution in [2.75, 3.05) is 11.9 Å². The number of nitrogens with one attached hydrogen (secondary N) is 2. The van der Waals surface area contributed by atoms with Gasteiger partial charge in [0.05, 0.1) is 22.9 Å². The normalized spacial score (nSPS) is 18.4. The van der Waals surface area contributed by atoms with Crippen molar-refractivity contribution in [3.63, 3.8) is 0 Å². The highest BCUT2D eigenvalue weighted by Gasteiger charge is 2.39. The number of hydrogen-bond donors (Lipinski definition) is 3. The number of phenols is 1. The van der Waals surface area contributed by atoms with Crippen LogP contribution in [0, 0.1) is 0 Å². The van der Waals surface area contributed by atoms with E-state index in [4.69, 9.17) is 0 Å². The average Bonchev–Trinajstić information content (AvgIpc) is 2.65. The highest BCUT2D eigenvalue weighted by Crippen LogP contribution is 2.34. The minimum atomic E-state index is -0.262. The van der Waals surface area contributed by atoms with Gasteiger partial charge in [-0.05, 0) is 58.7 Å². The molecule has 30 heavy (non-hydrogen) atoms. The van der Waals surface area contributed by atoms with Crippen molar-refractivity contribution < 1.29 is 5.11 Å². The third-order valence-electron chi connectivity index (χ3n) is 5.76. The maximum Gasteiger partial charge on any atom is 0.258 e. The third-order valence-corrected chi connectivity index (χ3v) is 5.76. The molecule has 8 nitrogen and oxygen atoms in total. The number of H-pyrrole nitrogens is 1. The van der Waals surface area contributed by atoms with Gasteiger partial charge in [-0.2, -0.15) is 0 Å². The fourth-order valence-corrected chi connectivity index (χ4v) is 4.70. The van der Waals surface area contributed by atoms with Crippen molar-refractivity contribution in [2.24, 2.45) is 0 Å². The van der Waals surface area contributed by atoms with Gasteiger partial charge in [-0.1, -0.05) is 0 Å². The maximum atomic E-state index is 12.1. The van der Waals surface area contributed by atoms with E-state index < -0.39 is 0 Å². The van der Waals surface area contributed by atoms with Gasteiger partial charge >= 0.3 is 0 Å². The molecule has 4 rings (SSSR count). The Morgan fingerprint density at radius 2 is 1.80 bits per heavy atom. The van der Waals surface area contributed by atoms with E-state index in [1.807, 2.05) is 19.2 Å². The molecule has 0 amide bonds. The monoisotopic (exact) mass is 408 g/mol. The van der Waals surface area contributed by atoms with E-state index in [9.17, 15) is 9.90 Å². The van der Waals surface area contributed by atoms with E-state index >= 15 is 0 Å². The number of nitrogens with zero attached hydrogens (tertiary/aromatic N) is 4. The van der Waals surface area contributed by atoms with Gasteiger partial charge in [-0.15, -0.1) is 10.2 Å². The van der Waals surface area contributed by atoms with Gasteiger partial charge in [0.25, 0.3) is 5.56 Å². The number of aromatic amines is 1. The molecule has 0 spiro atoms. The lowest BCUT2D eigenvalue weighted by molar-refractivity contribution is 0.160. The summed E-state index contributed by atoms with van der Waals surface area (Å²) in [6.45, 7) is 8.90. The lowest BCUT2D eigenvalue weighted by atomic mass is 9.79. The maximum absolute atomic E-state index is 12.1. The zero-order valence-electron chi connectivity index (χ0n) is 18.0. The van der Waals surface area contributed by atoms with Crippen molar-refractivity contribution >= 4 is 16.7 Å². The van der Waals surface area contributed by atoms with Crippen LogP contribution >= 0.6 is 0 Å². The van der Waals surface area contributed by atoms with Crippen molar-refractivity contribution in [3.8, 4) is 17.0 Å². The molecule has 1 fully saturated rings. The predicted octanol–water partition coefficient (Wildman–Crippen LogP) is 2.83. The van der Waals surface area contributed by atoms with E-state index in [2.05, 4.69) is 58.1 Å². The largest absolute Gasteiger partial charge is 0.507 e. The molecule has 0 radical (unpaired) electrons. The fourth-order valence-electron chi connectivity index (χ4n) is 4.70. The molecule has 1 aliphatic rings. The molecule has 158 valence electrons. The van der Waals surface area contributed by atoms with Gasteiger partial charge in [0.15, 0.2) is 5.82 Å². The molecule has 0 saturated carbocycles. The second-order valence-electron chi connectivity index (χ2n) is 9.46. The van der Waals surface area contributed by atoms with Crippen LogP contribution in [-0.2, 0) is 0 Å². The zero-order chi connectivity index (χ0) is 21.7. The Kier molecular flexibility index (Phi) is 4.77. The second kappa shape index (κ2) is 7.05. The van der Waals surface area contributed by atoms with Crippen LogP contribution in [0.5, 0.6) is 5.75 Å². The van der Waals surface area contributed by atoms with Gasteiger partial charge in [-0.3, -0.25) is 4.79 Å². The van der Waals surface area contributed by atoms with Crippen molar-refractivity contribution in [3.05, 3.63) is 40.9 Å². The van der Waals surface area contributed by atoms with Gasteiger partial charge in [0.1, 0.15) is 5.75 Å². The Morgan fingerprint density at radius 3 is 2.43 bits per heavy atom. The summed E-state index contributed by atoms with van der Waals surface area (Å²) in [5.41, 5.74) is 1.19. The predicted molar refractivity (Wildman–Crippen MR) is 118 cm³/mol. The first-order chi connectivity index (χ1) is 14.0. The quantitative estimate of drug-likeness (QED) is 0.612. The van der Waals surface area contributed by atoms with E-state index in [0.29, 0.717) is 28.2 Å². The average molecular weight is 409 g/mol. The topological polar surface area (TPSA) is 107 Å². The molecule has 0 unspecified atom stereocenters. The number of rotatable bonds is 3. The Balaban J connectivity index is 1.63. The summed E-state index contributed by atoms with van der Waals surface area (Å²) in [5, 5.41) is 23.3. The smallest absolute Gasteiger partial charge is 0.258 e. The van der Waals surface area contributed by atoms with Crippen LogP contribution in [0.1, 0.15) is 40.5 Å². The summed E-state index contributed by atoms with van der Waals surface area (Å²) in [5.74, 6) is 0.787. The molecule has 3 heterocycles. The van der Waals surface area contributed by atoms with Crippen LogP contribution in [0.3, 0.4) is 0 Å². The summed E-state index contributed by atoms with van der Waals surface area (Å²) in [7, 11) is 2.05. The van der Waals surface area contributed by atoms with Gasteiger partial charge in [-0.25, -0.2) is 4.98 Å². The summed E-state index contributed by atoms with van der Waals surface area (Å²) in [6, 6.07) is 7.13. The highest BCUT2D eigenvalue weighted by atomic mass is 16.3. The molecular formula is C22H28N6O2. The number of anilines is 1. The van der Waals surface area contributed by atoms with Crippen LogP contribution in [0.25, 0.3) is 22.2 Å². The molecule has 3 N–H and O–H groups in total. The molecule has 8 heteroatoms. The summed E-state index contributed by atoms with van der Waals surface area (Å²) < 4.78 is 0. The minimum Gasteiger partial charge on any atom is -0.507 e. The van der Waals surface area contributed by atoms with Crippen LogP contribution in [0.2, 0.25) is 0 Å². The Hall–Kier alpha value is -3.00. The Bertz CT molecular complexity index is 1120. The minimum absolute atomic E-state index is 0.0119. The lowest BCUT2D eigenvalue weighted by Gasteiger charge is -2.49. The summed E-state index contributed by atoms with van der Waals surface area (Å²) >= 11 is 0. The molecular weight excluding hydrogens is 380 g/mol. The van der Waals surface area contributed by atoms with Crippen LogP contribution in [0.4, 0.5) is 5.82 Å². The first-order valence-electron chi connectivity index (χ1n) is 10.1. The van der Waals surface area contributed by atoms with E-state index in [-0.39, 0.29) is 22.4 Å². The van der Waals surface area contributed by atoms with Crippen molar-refractivity contribution in [1.82, 2.24) is 25.5 Å². The molecule has 3 aromatic rings. The number of aromatic hydroxyl groups is 1. The summed E-state index contributed by atoms with van der Waals surface area (Å²) in [4.78, 5) is 20.9. The fraction of sp³-hybridized carbons (Fsp3) is 0.455. The first-order valence-corrected chi connectivity index (χ1v) is 10.1. The van der Waals surface area contributed by atoms with E-state index in [1.54, 1.807) is 6.07 Å². The molecule has 0 aliphatic carbocycles. The third kappa shape index (κ3) is 3.87. The second-order valence-corrected chi connectivity index (χ2v) is 9.46. The number of phenolic OH excluding ortho intramolecular Hbond substituents is 1. The molecule has 0 atom stereocenters. The van der Waals surface area contributed by atoms with Crippen LogP contribution < -0.4 is 15.8 Å². The number of hydrogen-bond acceptors (Lipinski definition) is 7. The zero-order valence-corrected chi connectivity index (χ0v) is 18.0. The Morgan fingerprint density at radius 1 is 1.10 bits per heavy atom. The standard InChI is InChI=1S/C22H28N6O2/c1-21(2)10-13(11-22(3,4)27-21)28(5)19-7-6-16(25-26-19)14-8-15-17(9-18(14)29)23-12-24-20(15)30/h6-9,12-13,27,29H,10-11H2,1-5H3,(H,23,24,30). The van der Waals surface area contributed by atoms with Crippen molar-refractivity contribution in [2.45, 2.75) is 57.7 Å². The first kappa shape index (κ1) is 20.3. The number of fused-ring (bicyclic) bond motifs is 1.